The molecule has 0 bridgehead atoms. The number of hydrogen-bond donors (Lipinski definition) is 1. The van der Waals surface area contributed by atoms with E-state index in [1.54, 1.807) is 11.3 Å². The van der Waals surface area contributed by atoms with Crippen LogP contribution in [0.3, 0.4) is 0 Å². The maximum Gasteiger partial charge on any atom is 0.191 e. The molecule has 0 spiro atoms. The minimum absolute atomic E-state index is 0. The summed E-state index contributed by atoms with van der Waals surface area (Å²) < 4.78 is 0. The number of aliphatic imine (C=N–C) groups is 1. The van der Waals surface area contributed by atoms with Crippen LogP contribution >= 0.6 is 35.3 Å². The van der Waals surface area contributed by atoms with Crippen LogP contribution < -0.4 is 5.73 Å². The average molecular weight is 422 g/mol. The number of halogens is 1. The van der Waals surface area contributed by atoms with Gasteiger partial charge in [-0.1, -0.05) is 18.9 Å². The Hall–Kier alpha value is -0.340. The van der Waals surface area contributed by atoms with Gasteiger partial charge in [0.25, 0.3) is 0 Å². The Morgan fingerprint density at radius 2 is 2.00 bits per heavy atom. The molecule has 1 aromatic rings. The summed E-state index contributed by atoms with van der Waals surface area (Å²) in [5.74, 6) is 0.718. The van der Waals surface area contributed by atoms with Crippen LogP contribution in [0.1, 0.15) is 36.6 Å². The number of nitrogens with zero attached hydrogens (tertiary/aromatic N) is 3. The molecule has 6 heteroatoms. The van der Waals surface area contributed by atoms with Crippen molar-refractivity contribution in [2.24, 2.45) is 10.7 Å². The van der Waals surface area contributed by atoms with E-state index in [1.807, 2.05) is 0 Å². The minimum Gasteiger partial charge on any atom is -0.370 e. The van der Waals surface area contributed by atoms with E-state index in [-0.39, 0.29) is 24.0 Å². The molecule has 0 aliphatic carbocycles. The molecule has 4 nitrogen and oxygen atoms in total. The normalized spacial score (nSPS) is 18.2. The lowest BCUT2D eigenvalue weighted by Crippen LogP contribution is -2.38. The maximum atomic E-state index is 6.18. The molecule has 21 heavy (non-hydrogen) atoms. The van der Waals surface area contributed by atoms with Crippen molar-refractivity contribution in [1.82, 2.24) is 9.80 Å². The number of guanidine groups is 1. The quantitative estimate of drug-likeness (QED) is 0.461. The standard InChI is InChI=1S/C15H26N4S.HI/c1-18(2)13(14-8-7-11-20-14)12-17-15(16)19-9-5-3-4-6-10-19;/h7-8,11,13H,3-6,9-10,12H2,1-2H3,(H2,16,17);1H. The van der Waals surface area contributed by atoms with Gasteiger partial charge in [0.1, 0.15) is 0 Å². The lowest BCUT2D eigenvalue weighted by Gasteiger charge is -2.24. The Morgan fingerprint density at radius 1 is 1.33 bits per heavy atom. The summed E-state index contributed by atoms with van der Waals surface area (Å²) in [6.07, 6.45) is 5.11. The second kappa shape index (κ2) is 9.63. The maximum absolute atomic E-state index is 6.18. The molecule has 1 aromatic heterocycles. The highest BCUT2D eigenvalue weighted by Gasteiger charge is 2.16. The zero-order valence-electron chi connectivity index (χ0n) is 13.0. The number of nitrogens with two attached hydrogens (primary N) is 1. The van der Waals surface area contributed by atoms with E-state index in [9.17, 15) is 0 Å². The third-order valence-electron chi connectivity index (χ3n) is 3.85. The third kappa shape index (κ3) is 5.75. The zero-order chi connectivity index (χ0) is 14.4. The first-order chi connectivity index (χ1) is 9.68. The molecule has 0 saturated carbocycles. The van der Waals surface area contributed by atoms with Gasteiger partial charge in [-0.2, -0.15) is 0 Å². The molecule has 1 atom stereocenters. The Balaban J connectivity index is 0.00000220. The van der Waals surface area contributed by atoms with E-state index in [4.69, 9.17) is 5.73 Å². The van der Waals surface area contributed by atoms with E-state index in [1.165, 1.54) is 30.6 Å². The van der Waals surface area contributed by atoms with Gasteiger partial charge in [-0.3, -0.25) is 4.99 Å². The fourth-order valence-corrected chi connectivity index (χ4v) is 3.48. The lowest BCUT2D eigenvalue weighted by atomic mass is 10.2. The van der Waals surface area contributed by atoms with Crippen molar-refractivity contribution < 1.29 is 0 Å². The van der Waals surface area contributed by atoms with Gasteiger partial charge in [0.05, 0.1) is 12.6 Å². The Kier molecular flexibility index (Phi) is 8.58. The summed E-state index contributed by atoms with van der Waals surface area (Å²) in [5.41, 5.74) is 6.18. The van der Waals surface area contributed by atoms with Gasteiger partial charge < -0.3 is 15.5 Å². The Bertz CT molecular complexity index is 411. The molecule has 1 aliphatic heterocycles. The van der Waals surface area contributed by atoms with E-state index in [0.29, 0.717) is 6.04 Å². The first-order valence-electron chi connectivity index (χ1n) is 7.43. The topological polar surface area (TPSA) is 44.9 Å². The van der Waals surface area contributed by atoms with E-state index in [2.05, 4.69) is 46.4 Å². The minimum atomic E-state index is 0. The average Bonchev–Trinajstić information content (AvgIpc) is 2.80. The highest BCUT2D eigenvalue weighted by molar-refractivity contribution is 14.0. The van der Waals surface area contributed by atoms with E-state index in [0.717, 1.165) is 25.6 Å². The molecule has 0 aromatic carbocycles. The number of thiophene rings is 1. The monoisotopic (exact) mass is 422 g/mol. The van der Waals surface area contributed by atoms with Crippen LogP contribution in [0.4, 0.5) is 0 Å². The fraction of sp³-hybridized carbons (Fsp3) is 0.667. The summed E-state index contributed by atoms with van der Waals surface area (Å²) in [7, 11) is 4.20. The summed E-state index contributed by atoms with van der Waals surface area (Å²) in [4.78, 5) is 10.5. The second-order valence-corrected chi connectivity index (χ2v) is 6.57. The highest BCUT2D eigenvalue weighted by atomic mass is 127. The Morgan fingerprint density at radius 3 is 2.52 bits per heavy atom. The first kappa shape index (κ1) is 18.7. The molecule has 2 rings (SSSR count). The van der Waals surface area contributed by atoms with E-state index >= 15 is 0 Å². The molecule has 1 fully saturated rings. The molecule has 1 aliphatic rings. The highest BCUT2D eigenvalue weighted by Crippen LogP contribution is 2.23. The van der Waals surface area contributed by atoms with Crippen LogP contribution in [0.2, 0.25) is 0 Å². The summed E-state index contributed by atoms with van der Waals surface area (Å²) in [5, 5.41) is 2.12. The molecule has 0 radical (unpaired) electrons. The van der Waals surface area contributed by atoms with Gasteiger partial charge in [-0.05, 0) is 38.4 Å². The lowest BCUT2D eigenvalue weighted by molar-refractivity contribution is 0.309. The number of hydrogen-bond acceptors (Lipinski definition) is 3. The van der Waals surface area contributed by atoms with Gasteiger partial charge in [0.2, 0.25) is 0 Å². The van der Waals surface area contributed by atoms with Gasteiger partial charge in [-0.15, -0.1) is 35.3 Å². The van der Waals surface area contributed by atoms with Crippen molar-refractivity contribution in [1.29, 1.82) is 0 Å². The number of rotatable bonds is 4. The number of likely N-dealkylation sites (tertiary alicyclic amines) is 1. The van der Waals surface area contributed by atoms with Gasteiger partial charge in [-0.25, -0.2) is 0 Å². The third-order valence-corrected chi connectivity index (χ3v) is 4.82. The van der Waals surface area contributed by atoms with Gasteiger partial charge in [0, 0.05) is 18.0 Å². The first-order valence-corrected chi connectivity index (χ1v) is 8.31. The second-order valence-electron chi connectivity index (χ2n) is 5.59. The molecule has 0 amide bonds. The van der Waals surface area contributed by atoms with Crippen LogP contribution in [0, 0.1) is 0 Å². The van der Waals surface area contributed by atoms with Crippen molar-refractivity contribution in [2.75, 3.05) is 33.7 Å². The molecule has 2 heterocycles. The predicted octanol–water partition coefficient (Wildman–Crippen LogP) is 3.16. The van der Waals surface area contributed by atoms with Crippen LogP contribution in [0.25, 0.3) is 0 Å². The smallest absolute Gasteiger partial charge is 0.191 e. The summed E-state index contributed by atoms with van der Waals surface area (Å²) in [6, 6.07) is 4.59. The molecular weight excluding hydrogens is 395 g/mol. The van der Waals surface area contributed by atoms with Gasteiger partial charge in [0.15, 0.2) is 5.96 Å². The van der Waals surface area contributed by atoms with Crippen LogP contribution in [-0.2, 0) is 0 Å². The van der Waals surface area contributed by atoms with Crippen LogP contribution in [-0.4, -0.2) is 49.5 Å². The van der Waals surface area contributed by atoms with Crippen LogP contribution in [0.15, 0.2) is 22.5 Å². The van der Waals surface area contributed by atoms with E-state index < -0.39 is 0 Å². The molecular formula is C15H27IN4S. The van der Waals surface area contributed by atoms with Gasteiger partial charge >= 0.3 is 0 Å². The van der Waals surface area contributed by atoms with Crippen LogP contribution in [0.5, 0.6) is 0 Å². The van der Waals surface area contributed by atoms with Crippen molar-refractivity contribution in [2.45, 2.75) is 31.7 Å². The fourth-order valence-electron chi connectivity index (χ4n) is 2.57. The van der Waals surface area contributed by atoms with Crippen molar-refractivity contribution >= 4 is 41.3 Å². The molecule has 120 valence electrons. The van der Waals surface area contributed by atoms with Crippen molar-refractivity contribution in [3.8, 4) is 0 Å². The zero-order valence-corrected chi connectivity index (χ0v) is 16.1. The van der Waals surface area contributed by atoms with Crippen molar-refractivity contribution in [3.05, 3.63) is 22.4 Å². The SMILES string of the molecule is CN(C)C(CN=C(N)N1CCCCCC1)c1cccs1.I. The molecule has 2 N–H and O–H groups in total. The number of likely N-dealkylation sites (N-methyl/N-ethyl adjacent to an activating group) is 1. The summed E-state index contributed by atoms with van der Waals surface area (Å²) >= 11 is 1.78. The Labute approximate surface area is 149 Å². The predicted molar refractivity (Wildman–Crippen MR) is 103 cm³/mol. The van der Waals surface area contributed by atoms with Crippen molar-refractivity contribution in [3.63, 3.8) is 0 Å². The molecule has 1 saturated heterocycles. The molecule has 1 unspecified atom stereocenters. The summed E-state index contributed by atoms with van der Waals surface area (Å²) in [6.45, 7) is 2.85. The largest absolute Gasteiger partial charge is 0.370 e.